The van der Waals surface area contributed by atoms with Crippen LogP contribution in [0.2, 0.25) is 0 Å². The summed E-state index contributed by atoms with van der Waals surface area (Å²) in [5, 5.41) is 11.4. The number of rotatable bonds is 8. The number of piperidine rings is 1. The normalized spacial score (nSPS) is 16.7. The molecule has 2 aromatic rings. The molecule has 0 unspecified atom stereocenters. The van der Waals surface area contributed by atoms with Crippen molar-refractivity contribution >= 4 is 16.1 Å². The molecule has 1 aromatic heterocycles. The van der Waals surface area contributed by atoms with Crippen LogP contribution in [0.5, 0.6) is 0 Å². The highest BCUT2D eigenvalue weighted by molar-refractivity contribution is 7.89. The Hall–Kier alpha value is -2.49. The first-order chi connectivity index (χ1) is 14.7. The lowest BCUT2D eigenvalue weighted by molar-refractivity contribution is 0.00996. The quantitative estimate of drug-likeness (QED) is 0.644. The molecule has 1 saturated heterocycles. The lowest BCUT2D eigenvalue weighted by atomic mass is 10.1. The van der Waals surface area contributed by atoms with Gasteiger partial charge in [-0.3, -0.25) is 4.98 Å². The maximum Gasteiger partial charge on any atom is 0.405 e. The number of aromatic nitrogens is 1. The predicted molar refractivity (Wildman–Crippen MR) is 117 cm³/mol. The number of pyridine rings is 1. The topological polar surface area (TPSA) is 109 Å². The Morgan fingerprint density at radius 3 is 2.68 bits per heavy atom. The monoisotopic (exact) mass is 447 g/mol. The number of carboxylic acid groups (broad SMARTS) is 1. The first kappa shape index (κ1) is 23.2. The van der Waals surface area contributed by atoms with Gasteiger partial charge >= 0.3 is 6.09 Å². The number of aryl methyl sites for hydroxylation is 2. The van der Waals surface area contributed by atoms with Gasteiger partial charge in [-0.05, 0) is 49.4 Å². The summed E-state index contributed by atoms with van der Waals surface area (Å²) in [5.74, 6) is -0.348. The highest BCUT2D eigenvalue weighted by Crippen LogP contribution is 2.22. The Balaban J connectivity index is 1.57. The fourth-order valence-electron chi connectivity index (χ4n) is 3.71. The average Bonchev–Trinajstić information content (AvgIpc) is 2.74. The second kappa shape index (κ2) is 10.2. The zero-order valence-electron chi connectivity index (χ0n) is 17.8. The maximum absolute atomic E-state index is 13.0. The molecule has 1 aromatic carbocycles. The van der Waals surface area contributed by atoms with Crippen LogP contribution in [0.4, 0.5) is 4.79 Å². The molecule has 1 amide bonds. The lowest BCUT2D eigenvalue weighted by Gasteiger charge is -2.32. The van der Waals surface area contributed by atoms with Gasteiger partial charge in [0.25, 0.3) is 0 Å². The second-order valence-corrected chi connectivity index (χ2v) is 9.92. The zero-order valence-corrected chi connectivity index (χ0v) is 18.6. The molecule has 0 aliphatic carbocycles. The van der Waals surface area contributed by atoms with Crippen molar-refractivity contribution in [2.75, 3.05) is 18.8 Å². The number of nitrogens with zero attached hydrogens (tertiary/aromatic N) is 2. The van der Waals surface area contributed by atoms with Gasteiger partial charge in [-0.2, -0.15) is 0 Å². The van der Waals surface area contributed by atoms with E-state index >= 15 is 0 Å². The Kier molecular flexibility index (Phi) is 7.64. The molecule has 0 bridgehead atoms. The van der Waals surface area contributed by atoms with Crippen molar-refractivity contribution in [1.82, 2.24) is 14.6 Å². The molecule has 8 nitrogen and oxygen atoms in total. The highest BCUT2D eigenvalue weighted by atomic mass is 32.2. The van der Waals surface area contributed by atoms with Gasteiger partial charge in [0.1, 0.15) is 0 Å². The second-order valence-electron chi connectivity index (χ2n) is 7.91. The minimum atomic E-state index is -3.66. The van der Waals surface area contributed by atoms with E-state index in [1.807, 2.05) is 6.92 Å². The maximum atomic E-state index is 13.0. The Morgan fingerprint density at radius 2 is 2.03 bits per heavy atom. The molecule has 0 saturated carbocycles. The zero-order chi connectivity index (χ0) is 22.4. The van der Waals surface area contributed by atoms with Crippen LogP contribution < -0.4 is 5.32 Å². The summed E-state index contributed by atoms with van der Waals surface area (Å²) in [4.78, 5) is 15.1. The van der Waals surface area contributed by atoms with E-state index in [1.54, 1.807) is 18.3 Å². The Morgan fingerprint density at radius 1 is 1.29 bits per heavy atom. The van der Waals surface area contributed by atoms with E-state index in [1.165, 1.54) is 21.6 Å². The van der Waals surface area contributed by atoms with Gasteiger partial charge < -0.3 is 15.2 Å². The molecule has 1 atom stereocenters. The summed E-state index contributed by atoms with van der Waals surface area (Å²) >= 11 is 0. The van der Waals surface area contributed by atoms with E-state index in [9.17, 15) is 13.2 Å². The van der Waals surface area contributed by atoms with Crippen molar-refractivity contribution in [3.63, 3.8) is 0 Å². The molecule has 1 aliphatic heterocycles. The van der Waals surface area contributed by atoms with Crippen molar-refractivity contribution < 1.29 is 23.1 Å². The van der Waals surface area contributed by atoms with Crippen LogP contribution in [0.1, 0.15) is 41.1 Å². The number of ether oxygens (including phenoxy) is 1. The van der Waals surface area contributed by atoms with E-state index in [-0.39, 0.29) is 11.9 Å². The van der Waals surface area contributed by atoms with Gasteiger partial charge in [-0.1, -0.05) is 29.8 Å². The third-order valence-corrected chi connectivity index (χ3v) is 7.44. The molecule has 2 heterocycles. The van der Waals surface area contributed by atoms with Crippen LogP contribution >= 0.6 is 0 Å². The molecule has 1 fully saturated rings. The van der Waals surface area contributed by atoms with Crippen LogP contribution in [0.3, 0.4) is 0 Å². The minimum absolute atomic E-state index is 0.00220. The number of benzene rings is 1. The van der Waals surface area contributed by atoms with Gasteiger partial charge in [-0.25, -0.2) is 17.5 Å². The van der Waals surface area contributed by atoms with E-state index in [0.717, 1.165) is 5.56 Å². The van der Waals surface area contributed by atoms with Crippen LogP contribution in [0.25, 0.3) is 0 Å². The highest BCUT2D eigenvalue weighted by Gasteiger charge is 2.31. The number of carbonyl (C=O) groups is 1. The van der Waals surface area contributed by atoms with E-state index in [2.05, 4.69) is 35.4 Å². The molecular weight excluding hydrogens is 418 g/mol. The fraction of sp³-hybridized carbons (Fsp3) is 0.455. The van der Waals surface area contributed by atoms with Crippen molar-refractivity contribution in [1.29, 1.82) is 0 Å². The summed E-state index contributed by atoms with van der Waals surface area (Å²) in [7, 11) is -3.66. The summed E-state index contributed by atoms with van der Waals surface area (Å²) in [6.07, 6.45) is 2.96. The summed E-state index contributed by atoms with van der Waals surface area (Å²) < 4.78 is 33.4. The molecular formula is C22H29N3O5S. The average molecular weight is 448 g/mol. The Labute approximate surface area is 183 Å². The molecule has 0 spiro atoms. The standard InChI is InChI=1S/C22H29N3O5S/c1-16-5-6-17(2)19(12-16)14-30-20-7-10-25(11-8-20)31(28,29)15-21(24-22(26)27)18-4-3-9-23-13-18/h3-6,9,12-13,20-21,24H,7-8,10-11,14-15H2,1-2H3,(H,26,27)/t21-/m0/s1. The van der Waals surface area contributed by atoms with E-state index < -0.39 is 22.2 Å². The first-order valence-corrected chi connectivity index (χ1v) is 11.9. The van der Waals surface area contributed by atoms with E-state index in [4.69, 9.17) is 9.84 Å². The molecule has 9 heteroatoms. The van der Waals surface area contributed by atoms with Crippen molar-refractivity contribution in [2.24, 2.45) is 0 Å². The summed E-state index contributed by atoms with van der Waals surface area (Å²) in [6, 6.07) is 8.69. The smallest absolute Gasteiger partial charge is 0.405 e. The molecule has 0 radical (unpaired) electrons. The van der Waals surface area contributed by atoms with Gasteiger partial charge in [0.2, 0.25) is 10.0 Å². The number of amides is 1. The fourth-order valence-corrected chi connectivity index (χ4v) is 5.38. The van der Waals surface area contributed by atoms with Gasteiger partial charge in [-0.15, -0.1) is 0 Å². The minimum Gasteiger partial charge on any atom is -0.465 e. The van der Waals surface area contributed by atoms with Crippen molar-refractivity contribution in [3.05, 3.63) is 65.0 Å². The number of hydrogen-bond donors (Lipinski definition) is 2. The molecule has 3 rings (SSSR count). The lowest BCUT2D eigenvalue weighted by Crippen LogP contribution is -2.44. The van der Waals surface area contributed by atoms with Gasteiger partial charge in [0, 0.05) is 25.5 Å². The molecule has 168 valence electrons. The summed E-state index contributed by atoms with van der Waals surface area (Å²) in [6.45, 7) is 5.32. The van der Waals surface area contributed by atoms with Crippen molar-refractivity contribution in [3.8, 4) is 0 Å². The van der Waals surface area contributed by atoms with Crippen LogP contribution in [-0.4, -0.2) is 53.9 Å². The van der Waals surface area contributed by atoms with Crippen LogP contribution in [-0.2, 0) is 21.4 Å². The first-order valence-electron chi connectivity index (χ1n) is 10.3. The SMILES string of the molecule is Cc1ccc(C)c(COC2CCN(S(=O)(=O)C[C@H](NC(=O)O)c3cccnc3)CC2)c1. The van der Waals surface area contributed by atoms with Crippen LogP contribution in [0, 0.1) is 13.8 Å². The van der Waals surface area contributed by atoms with Gasteiger partial charge in [0.05, 0.1) is 24.5 Å². The predicted octanol–water partition coefficient (Wildman–Crippen LogP) is 3.02. The molecule has 2 N–H and O–H groups in total. The largest absolute Gasteiger partial charge is 0.465 e. The van der Waals surface area contributed by atoms with Gasteiger partial charge in [0.15, 0.2) is 0 Å². The van der Waals surface area contributed by atoms with E-state index in [0.29, 0.717) is 38.1 Å². The summed E-state index contributed by atoms with van der Waals surface area (Å²) in [5.41, 5.74) is 4.02. The van der Waals surface area contributed by atoms with Crippen molar-refractivity contribution in [2.45, 2.75) is 45.4 Å². The molecule has 31 heavy (non-hydrogen) atoms. The number of hydrogen-bond acceptors (Lipinski definition) is 5. The Bertz CT molecular complexity index is 989. The number of sulfonamides is 1. The van der Waals surface area contributed by atoms with Crippen LogP contribution in [0.15, 0.2) is 42.7 Å². The third-order valence-electron chi connectivity index (χ3n) is 5.54. The molecule has 1 aliphatic rings. The third kappa shape index (κ3) is 6.49. The number of nitrogens with one attached hydrogen (secondary N) is 1.